The van der Waals surface area contributed by atoms with Crippen LogP contribution >= 0.6 is 0 Å². The van der Waals surface area contributed by atoms with E-state index in [1.807, 2.05) is 43.3 Å². The van der Waals surface area contributed by atoms with Gasteiger partial charge in [0, 0.05) is 0 Å². The van der Waals surface area contributed by atoms with Gasteiger partial charge in [0.15, 0.2) is 0 Å². The summed E-state index contributed by atoms with van der Waals surface area (Å²) in [6.07, 6.45) is 0. The Bertz CT molecular complexity index is 595. The quantitative estimate of drug-likeness (QED) is 0.336. The summed E-state index contributed by atoms with van der Waals surface area (Å²) in [5, 5.41) is 0. The first-order chi connectivity index (χ1) is 10.3. The Morgan fingerprint density at radius 2 is 1.57 bits per heavy atom. The van der Waals surface area contributed by atoms with Gasteiger partial charge in [-0.15, -0.1) is 0 Å². The Kier molecular flexibility index (Phi) is 7.34. The second-order valence-corrected chi connectivity index (χ2v) is 9.92. The van der Waals surface area contributed by atoms with Crippen LogP contribution in [-0.2, 0) is 9.53 Å². The molecule has 0 spiro atoms. The Hall–Kier alpha value is -0.771. The van der Waals surface area contributed by atoms with Crippen LogP contribution in [0.4, 0.5) is 0 Å². The van der Waals surface area contributed by atoms with Crippen molar-refractivity contribution in [3.63, 3.8) is 0 Å². The fraction of sp³-hybridized carbons (Fsp3) is 0.118. The summed E-state index contributed by atoms with van der Waals surface area (Å²) >= 11 is -1.15. The molecule has 0 bridgehead atoms. The number of hydrogen-bond acceptors (Lipinski definition) is 2. The number of esters is 1. The number of hydrogen-bond donors (Lipinski definition) is 0. The Morgan fingerprint density at radius 1 is 1.00 bits per heavy atom. The van der Waals surface area contributed by atoms with Crippen molar-refractivity contribution in [2.75, 3.05) is 6.61 Å². The van der Waals surface area contributed by atoms with Crippen LogP contribution in [0.1, 0.15) is 6.92 Å². The van der Waals surface area contributed by atoms with Gasteiger partial charge in [0.1, 0.15) is 0 Å². The molecule has 2 nitrogen and oxygen atoms in total. The van der Waals surface area contributed by atoms with E-state index in [2.05, 4.69) is 28.4 Å². The van der Waals surface area contributed by atoms with Gasteiger partial charge in [0.2, 0.25) is 0 Å². The van der Waals surface area contributed by atoms with Crippen molar-refractivity contribution >= 4 is 55.0 Å². The molecule has 0 radical (unpaired) electrons. The Labute approximate surface area is 145 Å². The zero-order valence-electron chi connectivity index (χ0n) is 11.7. The summed E-state index contributed by atoms with van der Waals surface area (Å²) < 4.78 is 10.9. The topological polar surface area (TPSA) is 26.3 Å². The number of rotatable bonds is 6. The van der Waals surface area contributed by atoms with E-state index >= 15 is 0 Å². The van der Waals surface area contributed by atoms with E-state index in [0.29, 0.717) is 6.61 Å². The Balaban J connectivity index is 2.13. The van der Waals surface area contributed by atoms with E-state index in [4.69, 9.17) is 4.74 Å². The third-order valence-electron chi connectivity index (χ3n) is 2.49. The minimum atomic E-state index is -0.673. The van der Waals surface area contributed by atoms with Gasteiger partial charge in [-0.25, -0.2) is 0 Å². The van der Waals surface area contributed by atoms with Gasteiger partial charge in [-0.2, -0.15) is 0 Å². The second kappa shape index (κ2) is 9.29. The van der Waals surface area contributed by atoms with Crippen molar-refractivity contribution < 1.29 is 9.53 Å². The molecule has 2 aromatic rings. The van der Waals surface area contributed by atoms with Gasteiger partial charge in [-0.1, -0.05) is 0 Å². The van der Waals surface area contributed by atoms with E-state index in [-0.39, 0.29) is 5.97 Å². The van der Waals surface area contributed by atoms with Crippen LogP contribution in [0.5, 0.6) is 0 Å². The van der Waals surface area contributed by atoms with Gasteiger partial charge < -0.3 is 0 Å². The average Bonchev–Trinajstić information content (AvgIpc) is 2.53. The zero-order valence-corrected chi connectivity index (χ0v) is 16.4. The molecule has 0 saturated carbocycles. The molecule has 0 N–H and O–H groups in total. The predicted molar refractivity (Wildman–Crippen MR) is 88.4 cm³/mol. The van der Waals surface area contributed by atoms with Gasteiger partial charge in [0.25, 0.3) is 0 Å². The monoisotopic (exact) mass is 512 g/mol. The van der Waals surface area contributed by atoms with E-state index in [0.717, 1.165) is 3.62 Å². The minimum absolute atomic E-state index is 0.134. The molecular weight excluding hydrogens is 491 g/mol. The molecule has 0 unspecified atom stereocenters. The maximum atomic E-state index is 12.1. The SMILES string of the molecule is CCOC(=O)/C(=C\[Te]c1ccccc1)[Te]c1ccccc1. The molecule has 0 fully saturated rings. The summed E-state index contributed by atoms with van der Waals surface area (Å²) in [5.41, 5.74) is 0. The summed E-state index contributed by atoms with van der Waals surface area (Å²) in [6, 6.07) is 20.6. The van der Waals surface area contributed by atoms with Gasteiger partial charge >= 0.3 is 147 Å². The summed E-state index contributed by atoms with van der Waals surface area (Å²) in [6.45, 7) is 2.29. The van der Waals surface area contributed by atoms with Crippen LogP contribution in [0.2, 0.25) is 0 Å². The molecule has 2 rings (SSSR count). The molecule has 0 aliphatic rings. The Morgan fingerprint density at radius 3 is 2.14 bits per heavy atom. The molecule has 0 amide bonds. The average molecular weight is 508 g/mol. The molecule has 0 saturated heterocycles. The molecule has 21 heavy (non-hydrogen) atoms. The van der Waals surface area contributed by atoms with Crippen LogP contribution in [-0.4, -0.2) is 54.4 Å². The van der Waals surface area contributed by atoms with Crippen LogP contribution in [0.15, 0.2) is 68.4 Å². The molecule has 0 atom stereocenters. The van der Waals surface area contributed by atoms with Crippen molar-refractivity contribution in [1.82, 2.24) is 0 Å². The molecule has 4 heteroatoms. The standard InChI is InChI=1S/C17H16O2Te2/c1-2-19-17(18)16(21-15-11-7-4-8-12-15)13-20-14-9-5-3-6-10-14/h3-13H,2H2,1H3/b16-13+. The first-order valence-electron chi connectivity index (χ1n) is 6.61. The van der Waals surface area contributed by atoms with Gasteiger partial charge in [0.05, 0.1) is 0 Å². The fourth-order valence-corrected chi connectivity index (χ4v) is 7.36. The van der Waals surface area contributed by atoms with Crippen molar-refractivity contribution in [1.29, 1.82) is 0 Å². The van der Waals surface area contributed by atoms with Crippen molar-refractivity contribution in [2.24, 2.45) is 0 Å². The van der Waals surface area contributed by atoms with Gasteiger partial charge in [-0.05, 0) is 0 Å². The summed E-state index contributed by atoms with van der Waals surface area (Å²) in [5.74, 6) is -0.134. The number of carbonyl (C=O) groups excluding carboxylic acids is 1. The third-order valence-corrected chi connectivity index (χ3v) is 9.39. The number of carbonyl (C=O) groups is 1. The van der Waals surface area contributed by atoms with Crippen molar-refractivity contribution in [3.05, 3.63) is 68.4 Å². The normalized spacial score (nSPS) is 11.2. The number of ether oxygens (including phenoxy) is 1. The molecule has 2 aromatic carbocycles. The summed E-state index contributed by atoms with van der Waals surface area (Å²) in [4.78, 5) is 12.1. The van der Waals surface area contributed by atoms with E-state index in [9.17, 15) is 4.79 Å². The van der Waals surface area contributed by atoms with Crippen LogP contribution < -0.4 is 7.22 Å². The third kappa shape index (κ3) is 5.85. The van der Waals surface area contributed by atoms with E-state index in [1.54, 1.807) is 0 Å². The van der Waals surface area contributed by atoms with Crippen LogP contribution in [0, 0.1) is 0 Å². The molecule has 108 valence electrons. The van der Waals surface area contributed by atoms with E-state index < -0.39 is 41.8 Å². The predicted octanol–water partition coefficient (Wildman–Crippen LogP) is 1.45. The first kappa shape index (κ1) is 16.6. The van der Waals surface area contributed by atoms with Crippen molar-refractivity contribution in [2.45, 2.75) is 6.92 Å². The van der Waals surface area contributed by atoms with Gasteiger partial charge in [-0.3, -0.25) is 0 Å². The van der Waals surface area contributed by atoms with Crippen LogP contribution in [0.25, 0.3) is 0 Å². The zero-order chi connectivity index (χ0) is 14.9. The summed E-state index contributed by atoms with van der Waals surface area (Å²) in [7, 11) is 0. The molecule has 0 heterocycles. The van der Waals surface area contributed by atoms with E-state index in [1.165, 1.54) is 7.22 Å². The molecule has 0 aromatic heterocycles. The second-order valence-electron chi connectivity index (χ2n) is 4.05. The number of benzene rings is 2. The molecular formula is C17H16O2Te2. The van der Waals surface area contributed by atoms with Crippen LogP contribution in [0.3, 0.4) is 0 Å². The first-order valence-corrected chi connectivity index (χ1v) is 11.5. The maximum absolute atomic E-state index is 12.1. The molecule has 0 aliphatic carbocycles. The van der Waals surface area contributed by atoms with Crippen molar-refractivity contribution in [3.8, 4) is 0 Å². The fourth-order valence-electron chi connectivity index (χ4n) is 1.55. The molecule has 0 aliphatic heterocycles.